The van der Waals surface area contributed by atoms with E-state index in [-0.39, 0.29) is 10.7 Å². The van der Waals surface area contributed by atoms with Crippen molar-refractivity contribution < 1.29 is 9.00 Å². The Balaban J connectivity index is 2.89. The van der Waals surface area contributed by atoms with Gasteiger partial charge in [0.25, 0.3) is 0 Å². The molecule has 0 aliphatic carbocycles. The van der Waals surface area contributed by atoms with Crippen LogP contribution in [0.5, 0.6) is 0 Å². The van der Waals surface area contributed by atoms with Crippen molar-refractivity contribution in [2.45, 2.75) is 5.03 Å². The maximum Gasteiger partial charge on any atom is 0.308 e. The average Bonchev–Trinajstić information content (AvgIpc) is 2.37. The van der Waals surface area contributed by atoms with Crippen molar-refractivity contribution in [2.24, 2.45) is 4.36 Å². The molecule has 1 aromatic heterocycles. The van der Waals surface area contributed by atoms with Gasteiger partial charge in [-0.2, -0.15) is 9.58 Å². The Morgan fingerprint density at radius 2 is 2.18 bits per heavy atom. The Morgan fingerprint density at radius 1 is 1.45 bits per heavy atom. The normalized spacial score (nSPS) is 28.3. The van der Waals surface area contributed by atoms with Crippen molar-refractivity contribution >= 4 is 15.6 Å². The molecule has 0 bridgehead atoms. The van der Waals surface area contributed by atoms with E-state index < -0.39 is 15.6 Å². The fraction of sp³-hybridized carbons (Fsp3) is 0.250. The second kappa shape index (κ2) is 1.67. The van der Waals surface area contributed by atoms with Crippen molar-refractivity contribution in [1.29, 1.82) is 0 Å². The first-order valence-corrected chi connectivity index (χ1v) is 4.71. The van der Waals surface area contributed by atoms with E-state index >= 15 is 0 Å². The van der Waals surface area contributed by atoms with Gasteiger partial charge in [0, 0.05) is 6.26 Å². The number of amides is 1. The lowest BCUT2D eigenvalue weighted by Gasteiger charge is -1.86. The third-order valence-electron chi connectivity index (χ3n) is 1.33. The lowest BCUT2D eigenvalue weighted by Crippen LogP contribution is -1.93. The second-order valence-electron chi connectivity index (χ2n) is 2.18. The highest BCUT2D eigenvalue weighted by atomic mass is 32.2. The number of carbonyl (C=O) groups is 1. The number of aromatic nitrogens is 3. The standard InChI is InChI=1S/C4H4N4O2S/c1-11(10)4-2(3(9)7-11)5-8-6-4/h1H3,(H,5,6,8). The molecule has 1 N–H and O–H groups in total. The van der Waals surface area contributed by atoms with Crippen LogP contribution in [0.1, 0.15) is 10.5 Å². The zero-order valence-corrected chi connectivity index (χ0v) is 6.38. The van der Waals surface area contributed by atoms with Gasteiger partial charge in [-0.3, -0.25) is 4.79 Å². The predicted molar refractivity (Wildman–Crippen MR) is 35.5 cm³/mol. The smallest absolute Gasteiger partial charge is 0.264 e. The molecule has 11 heavy (non-hydrogen) atoms. The number of aromatic amines is 1. The number of nitrogens with one attached hydrogen (secondary N) is 1. The van der Waals surface area contributed by atoms with Gasteiger partial charge < -0.3 is 0 Å². The summed E-state index contributed by atoms with van der Waals surface area (Å²) < 4.78 is 14.8. The van der Waals surface area contributed by atoms with Crippen LogP contribution in [-0.2, 0) is 9.73 Å². The largest absolute Gasteiger partial charge is 0.308 e. The zero-order chi connectivity index (χ0) is 8.06. The summed E-state index contributed by atoms with van der Waals surface area (Å²) in [6.07, 6.45) is 1.36. The summed E-state index contributed by atoms with van der Waals surface area (Å²) in [6.45, 7) is 0. The molecule has 0 fully saturated rings. The van der Waals surface area contributed by atoms with E-state index in [4.69, 9.17) is 0 Å². The quantitative estimate of drug-likeness (QED) is 0.566. The molecule has 1 amide bonds. The molecule has 1 atom stereocenters. The second-order valence-corrected chi connectivity index (χ2v) is 4.35. The molecular formula is C4H4N4O2S. The van der Waals surface area contributed by atoms with Crippen LogP contribution in [0.4, 0.5) is 0 Å². The van der Waals surface area contributed by atoms with Gasteiger partial charge in [0.15, 0.2) is 10.7 Å². The number of H-pyrrole nitrogens is 1. The first-order valence-electron chi connectivity index (χ1n) is 2.78. The van der Waals surface area contributed by atoms with Crippen LogP contribution in [0.15, 0.2) is 9.39 Å². The van der Waals surface area contributed by atoms with E-state index in [0.717, 1.165) is 0 Å². The molecule has 1 unspecified atom stereocenters. The van der Waals surface area contributed by atoms with Crippen LogP contribution in [0.3, 0.4) is 0 Å². The molecule has 6 nitrogen and oxygen atoms in total. The van der Waals surface area contributed by atoms with Crippen molar-refractivity contribution in [3.63, 3.8) is 0 Å². The van der Waals surface area contributed by atoms with Crippen LogP contribution >= 0.6 is 0 Å². The molecule has 2 rings (SSSR count). The molecule has 0 spiro atoms. The molecule has 0 radical (unpaired) electrons. The molecule has 58 valence electrons. The maximum absolute atomic E-state index is 11.4. The molecule has 0 saturated heterocycles. The molecular weight excluding hydrogens is 168 g/mol. The van der Waals surface area contributed by atoms with Gasteiger partial charge in [0.05, 0.1) is 0 Å². The van der Waals surface area contributed by atoms with Crippen molar-refractivity contribution in [3.8, 4) is 0 Å². The number of nitrogens with zero attached hydrogens (tertiary/aromatic N) is 3. The van der Waals surface area contributed by atoms with E-state index in [1.54, 1.807) is 0 Å². The van der Waals surface area contributed by atoms with E-state index in [2.05, 4.69) is 19.8 Å². The van der Waals surface area contributed by atoms with Gasteiger partial charge in [0.1, 0.15) is 9.73 Å². The Bertz CT molecular complexity index is 439. The number of hydrogen-bond donors (Lipinski definition) is 1. The SMILES string of the molecule is CS1(=O)=NC(=O)c2n[nH]nc21. The Kier molecular flexibility index (Phi) is 0.984. The van der Waals surface area contributed by atoms with Crippen LogP contribution in [-0.4, -0.2) is 31.8 Å². The van der Waals surface area contributed by atoms with E-state index in [9.17, 15) is 9.00 Å². The molecule has 1 aromatic rings. The van der Waals surface area contributed by atoms with Crippen LogP contribution in [0.25, 0.3) is 0 Å². The third kappa shape index (κ3) is 0.709. The van der Waals surface area contributed by atoms with Crippen molar-refractivity contribution in [1.82, 2.24) is 15.4 Å². The highest BCUT2D eigenvalue weighted by molar-refractivity contribution is 7.93. The van der Waals surface area contributed by atoms with Crippen LogP contribution in [0.2, 0.25) is 0 Å². The first kappa shape index (κ1) is 6.47. The van der Waals surface area contributed by atoms with Gasteiger partial charge >= 0.3 is 5.91 Å². The monoisotopic (exact) mass is 172 g/mol. The van der Waals surface area contributed by atoms with Gasteiger partial charge in [-0.15, -0.1) is 10.2 Å². The molecule has 0 aromatic carbocycles. The van der Waals surface area contributed by atoms with E-state index in [0.29, 0.717) is 0 Å². The zero-order valence-electron chi connectivity index (χ0n) is 5.57. The summed E-state index contributed by atoms with van der Waals surface area (Å²) in [6, 6.07) is 0. The number of hydrogen-bond acceptors (Lipinski definition) is 4. The average molecular weight is 172 g/mol. The van der Waals surface area contributed by atoms with Gasteiger partial charge in [-0.05, 0) is 0 Å². The van der Waals surface area contributed by atoms with Gasteiger partial charge in [-0.1, -0.05) is 0 Å². The highest BCUT2D eigenvalue weighted by Crippen LogP contribution is 2.19. The summed E-state index contributed by atoms with van der Waals surface area (Å²) in [7, 11) is -2.59. The lowest BCUT2D eigenvalue weighted by molar-refractivity contribution is 0.100. The molecule has 0 saturated carbocycles. The minimum Gasteiger partial charge on any atom is -0.264 e. The summed E-state index contributed by atoms with van der Waals surface area (Å²) in [5, 5.41) is 9.48. The van der Waals surface area contributed by atoms with Crippen LogP contribution in [0, 0.1) is 0 Å². The molecule has 2 heterocycles. The summed E-state index contributed by atoms with van der Waals surface area (Å²) in [5.41, 5.74) is 0.0810. The lowest BCUT2D eigenvalue weighted by atomic mass is 10.5. The number of fused-ring (bicyclic) bond motifs is 1. The topological polar surface area (TPSA) is 88.1 Å². The van der Waals surface area contributed by atoms with E-state index in [1.807, 2.05) is 0 Å². The number of rotatable bonds is 0. The molecule has 7 heteroatoms. The summed E-state index contributed by atoms with van der Waals surface area (Å²) in [4.78, 5) is 10.9. The minimum atomic E-state index is -2.59. The van der Waals surface area contributed by atoms with E-state index in [1.165, 1.54) is 6.26 Å². The maximum atomic E-state index is 11.4. The fourth-order valence-corrected chi connectivity index (χ4v) is 2.06. The van der Waals surface area contributed by atoms with Crippen LogP contribution < -0.4 is 0 Å². The highest BCUT2D eigenvalue weighted by Gasteiger charge is 2.30. The third-order valence-corrected chi connectivity index (χ3v) is 2.85. The Morgan fingerprint density at radius 3 is 2.82 bits per heavy atom. The van der Waals surface area contributed by atoms with Gasteiger partial charge in [0.2, 0.25) is 0 Å². The van der Waals surface area contributed by atoms with Crippen molar-refractivity contribution in [2.75, 3.05) is 6.26 Å². The predicted octanol–water partition coefficient (Wildman–Crippen LogP) is -0.585. The first-order chi connectivity index (χ1) is 5.11. The fourth-order valence-electron chi connectivity index (χ4n) is 0.869. The minimum absolute atomic E-state index is 0.0810. The molecule has 1 aliphatic heterocycles. The Hall–Kier alpha value is -1.24. The Labute approximate surface area is 62.2 Å². The molecule has 1 aliphatic rings. The summed E-state index contributed by atoms with van der Waals surface area (Å²) in [5.74, 6) is -0.554. The number of carbonyl (C=O) groups excluding carboxylic acids is 1. The van der Waals surface area contributed by atoms with Crippen molar-refractivity contribution in [3.05, 3.63) is 5.69 Å². The van der Waals surface area contributed by atoms with Gasteiger partial charge in [-0.25, -0.2) is 4.21 Å². The summed E-state index contributed by atoms with van der Waals surface area (Å²) >= 11 is 0.